The lowest BCUT2D eigenvalue weighted by Gasteiger charge is -2.07. The Morgan fingerprint density at radius 2 is 2.11 bits per heavy atom. The summed E-state index contributed by atoms with van der Waals surface area (Å²) in [4.78, 5) is 4.37. The summed E-state index contributed by atoms with van der Waals surface area (Å²) < 4.78 is 1.90. The van der Waals surface area contributed by atoms with Gasteiger partial charge in [0.2, 0.25) is 0 Å². The van der Waals surface area contributed by atoms with Crippen molar-refractivity contribution in [2.75, 3.05) is 5.73 Å². The van der Waals surface area contributed by atoms with E-state index in [9.17, 15) is 0 Å². The normalized spacial score (nSPS) is 10.6. The molecule has 0 radical (unpaired) electrons. The van der Waals surface area contributed by atoms with Crippen molar-refractivity contribution < 1.29 is 0 Å². The van der Waals surface area contributed by atoms with E-state index in [4.69, 9.17) is 5.73 Å². The van der Waals surface area contributed by atoms with Crippen molar-refractivity contribution >= 4 is 5.69 Å². The van der Waals surface area contributed by atoms with Gasteiger partial charge in [-0.05, 0) is 30.7 Å². The van der Waals surface area contributed by atoms with Gasteiger partial charge in [0, 0.05) is 23.6 Å². The maximum atomic E-state index is 5.81. The molecule has 94 valence electrons. The zero-order valence-corrected chi connectivity index (χ0v) is 10.5. The molecule has 0 bridgehead atoms. The van der Waals surface area contributed by atoms with Gasteiger partial charge < -0.3 is 5.73 Å². The fourth-order valence-electron chi connectivity index (χ4n) is 1.95. The molecule has 3 rings (SSSR count). The topological polar surface area (TPSA) is 69.6 Å². The fourth-order valence-corrected chi connectivity index (χ4v) is 1.95. The molecule has 2 heterocycles. The number of rotatable bonds is 2. The molecule has 19 heavy (non-hydrogen) atoms. The molecule has 0 fully saturated rings. The first-order valence-electron chi connectivity index (χ1n) is 5.93. The molecule has 0 saturated carbocycles. The number of imidazole rings is 1. The molecule has 0 aliphatic rings. The Balaban J connectivity index is 2.13. The molecular formula is C14H13N5. The first-order chi connectivity index (χ1) is 9.24. The third-order valence-corrected chi connectivity index (χ3v) is 2.81. The molecule has 2 N–H and O–H groups in total. The Bertz CT molecular complexity index is 657. The van der Waals surface area contributed by atoms with Crippen molar-refractivity contribution in [3.63, 3.8) is 0 Å². The SMILES string of the molecule is Cc1cnnc(-n2ccnc2-c2cccc(N)c2)c1. The van der Waals surface area contributed by atoms with Gasteiger partial charge in [0.25, 0.3) is 0 Å². The molecule has 5 heteroatoms. The maximum Gasteiger partial charge on any atom is 0.161 e. The standard InChI is InChI=1S/C14H13N5/c1-10-7-13(18-17-9-10)19-6-5-16-14(19)11-3-2-4-12(15)8-11/h2-9H,15H2,1H3. The number of benzene rings is 1. The lowest BCUT2D eigenvalue weighted by Crippen LogP contribution is -2.01. The second kappa shape index (κ2) is 4.53. The largest absolute Gasteiger partial charge is 0.399 e. The molecule has 1 aromatic carbocycles. The van der Waals surface area contributed by atoms with E-state index in [2.05, 4.69) is 15.2 Å². The summed E-state index contributed by atoms with van der Waals surface area (Å²) in [5.74, 6) is 1.54. The Morgan fingerprint density at radius 1 is 1.21 bits per heavy atom. The van der Waals surface area contributed by atoms with Gasteiger partial charge in [-0.2, -0.15) is 5.10 Å². The molecule has 0 aliphatic carbocycles. The van der Waals surface area contributed by atoms with Crippen LogP contribution in [-0.4, -0.2) is 19.7 Å². The first kappa shape index (κ1) is 11.4. The van der Waals surface area contributed by atoms with Gasteiger partial charge in [0.05, 0.1) is 6.20 Å². The zero-order valence-electron chi connectivity index (χ0n) is 10.5. The second-order valence-corrected chi connectivity index (χ2v) is 4.34. The summed E-state index contributed by atoms with van der Waals surface area (Å²) in [5, 5.41) is 8.10. The van der Waals surface area contributed by atoms with Crippen LogP contribution in [0.2, 0.25) is 0 Å². The highest BCUT2D eigenvalue weighted by Gasteiger charge is 2.09. The highest BCUT2D eigenvalue weighted by molar-refractivity contribution is 5.62. The number of anilines is 1. The third-order valence-electron chi connectivity index (χ3n) is 2.81. The zero-order chi connectivity index (χ0) is 13.2. The molecule has 5 nitrogen and oxygen atoms in total. The summed E-state index contributed by atoms with van der Waals surface area (Å²) in [5.41, 5.74) is 8.53. The van der Waals surface area contributed by atoms with Crippen LogP contribution in [0.3, 0.4) is 0 Å². The van der Waals surface area contributed by atoms with Crippen LogP contribution >= 0.6 is 0 Å². The van der Waals surface area contributed by atoms with Crippen molar-refractivity contribution in [2.24, 2.45) is 0 Å². The van der Waals surface area contributed by atoms with Crippen LogP contribution in [-0.2, 0) is 0 Å². The van der Waals surface area contributed by atoms with E-state index in [1.165, 1.54) is 0 Å². The molecule has 0 amide bonds. The van der Waals surface area contributed by atoms with Crippen LogP contribution < -0.4 is 5.73 Å². The van der Waals surface area contributed by atoms with E-state index in [0.29, 0.717) is 5.69 Å². The lowest BCUT2D eigenvalue weighted by atomic mass is 10.2. The average Bonchev–Trinajstić information content (AvgIpc) is 2.88. The number of nitrogens with zero attached hydrogens (tertiary/aromatic N) is 4. The minimum Gasteiger partial charge on any atom is -0.399 e. The predicted molar refractivity (Wildman–Crippen MR) is 73.7 cm³/mol. The molecule has 0 aliphatic heterocycles. The molecule has 0 unspecified atom stereocenters. The number of hydrogen-bond donors (Lipinski definition) is 1. The van der Waals surface area contributed by atoms with Gasteiger partial charge in [-0.25, -0.2) is 4.98 Å². The fraction of sp³-hybridized carbons (Fsp3) is 0.0714. The average molecular weight is 251 g/mol. The van der Waals surface area contributed by atoms with Crippen LogP contribution in [0.5, 0.6) is 0 Å². The van der Waals surface area contributed by atoms with E-state index >= 15 is 0 Å². The van der Waals surface area contributed by atoms with Crippen LogP contribution in [0, 0.1) is 6.92 Å². The molecule has 2 aromatic heterocycles. The van der Waals surface area contributed by atoms with Gasteiger partial charge >= 0.3 is 0 Å². The van der Waals surface area contributed by atoms with Crippen LogP contribution in [0.1, 0.15) is 5.56 Å². The maximum absolute atomic E-state index is 5.81. The molecule has 0 saturated heterocycles. The van der Waals surface area contributed by atoms with E-state index in [1.807, 2.05) is 48.0 Å². The van der Waals surface area contributed by atoms with Crippen molar-refractivity contribution in [3.05, 3.63) is 54.5 Å². The summed E-state index contributed by atoms with van der Waals surface area (Å²) in [6.45, 7) is 1.98. The van der Waals surface area contributed by atoms with E-state index < -0.39 is 0 Å². The molecule has 0 atom stereocenters. The highest BCUT2D eigenvalue weighted by atomic mass is 15.2. The number of nitrogen functional groups attached to an aromatic ring is 1. The lowest BCUT2D eigenvalue weighted by molar-refractivity contribution is 0.909. The van der Waals surface area contributed by atoms with Gasteiger partial charge in [-0.15, -0.1) is 5.10 Å². The van der Waals surface area contributed by atoms with Crippen molar-refractivity contribution in [3.8, 4) is 17.2 Å². The highest BCUT2D eigenvalue weighted by Crippen LogP contribution is 2.22. The number of aromatic nitrogens is 4. The van der Waals surface area contributed by atoms with E-state index in [0.717, 1.165) is 22.8 Å². The Hall–Kier alpha value is -2.69. The quantitative estimate of drug-likeness (QED) is 0.709. The Morgan fingerprint density at radius 3 is 2.89 bits per heavy atom. The van der Waals surface area contributed by atoms with Crippen LogP contribution in [0.4, 0.5) is 5.69 Å². The minimum atomic E-state index is 0.711. The van der Waals surface area contributed by atoms with Gasteiger partial charge in [0.15, 0.2) is 5.82 Å². The predicted octanol–water partition coefficient (Wildman–Crippen LogP) is 2.22. The monoisotopic (exact) mass is 251 g/mol. The van der Waals surface area contributed by atoms with Gasteiger partial charge in [-0.1, -0.05) is 12.1 Å². The molecule has 3 aromatic rings. The summed E-state index contributed by atoms with van der Waals surface area (Å²) in [7, 11) is 0. The van der Waals surface area contributed by atoms with Gasteiger partial charge in [-0.3, -0.25) is 4.57 Å². The number of hydrogen-bond acceptors (Lipinski definition) is 4. The number of nitrogens with two attached hydrogens (primary N) is 1. The summed E-state index contributed by atoms with van der Waals surface area (Å²) in [6, 6.07) is 9.58. The summed E-state index contributed by atoms with van der Waals surface area (Å²) in [6.07, 6.45) is 5.32. The van der Waals surface area contributed by atoms with Crippen molar-refractivity contribution in [1.82, 2.24) is 19.7 Å². The van der Waals surface area contributed by atoms with Crippen LogP contribution in [0.15, 0.2) is 48.9 Å². The Labute approximate surface area is 110 Å². The summed E-state index contributed by atoms with van der Waals surface area (Å²) >= 11 is 0. The number of aryl methyl sites for hydroxylation is 1. The minimum absolute atomic E-state index is 0.711. The molecular weight excluding hydrogens is 238 g/mol. The Kier molecular flexibility index (Phi) is 2.72. The first-order valence-corrected chi connectivity index (χ1v) is 5.93. The van der Waals surface area contributed by atoms with E-state index in [1.54, 1.807) is 12.4 Å². The van der Waals surface area contributed by atoms with Gasteiger partial charge in [0.1, 0.15) is 5.82 Å². The van der Waals surface area contributed by atoms with E-state index in [-0.39, 0.29) is 0 Å². The molecule has 0 spiro atoms. The third kappa shape index (κ3) is 2.18. The second-order valence-electron chi connectivity index (χ2n) is 4.34. The van der Waals surface area contributed by atoms with Crippen molar-refractivity contribution in [1.29, 1.82) is 0 Å². The van der Waals surface area contributed by atoms with Crippen LogP contribution in [0.25, 0.3) is 17.2 Å². The smallest absolute Gasteiger partial charge is 0.161 e. The van der Waals surface area contributed by atoms with Crippen molar-refractivity contribution in [2.45, 2.75) is 6.92 Å².